The molecule has 0 saturated heterocycles. The van der Waals surface area contributed by atoms with E-state index in [0.717, 1.165) is 69.8 Å². The van der Waals surface area contributed by atoms with Crippen molar-refractivity contribution < 1.29 is 14.4 Å². The molecule has 5 nitrogen and oxygen atoms in total. The molecule has 5 rings (SSSR count). The topological polar surface area (TPSA) is 87.0 Å². The van der Waals surface area contributed by atoms with Crippen molar-refractivity contribution in [3.05, 3.63) is 23.3 Å². The first-order valence-corrected chi connectivity index (χ1v) is 15.6. The van der Waals surface area contributed by atoms with Gasteiger partial charge >= 0.3 is 0 Å². The lowest BCUT2D eigenvalue weighted by molar-refractivity contribution is -0.144. The normalized spacial score (nSPS) is 40.6. The molecule has 5 aliphatic rings. The molecule has 0 aromatic rings. The Bertz CT molecular complexity index is 1160. The van der Waals surface area contributed by atoms with Crippen molar-refractivity contribution >= 4 is 17.5 Å². The number of carbonyl (C=O) groups is 3. The molecule has 3 saturated carbocycles. The van der Waals surface area contributed by atoms with Crippen LogP contribution < -0.4 is 5.32 Å². The van der Waals surface area contributed by atoms with Gasteiger partial charge in [-0.1, -0.05) is 65.5 Å². The molecule has 0 radical (unpaired) electrons. The Morgan fingerprint density at radius 2 is 1.79 bits per heavy atom. The fraction of sp³-hybridized carbons (Fsp3) is 0.765. The second-order valence-electron chi connectivity index (χ2n) is 14.9. The number of nitrogens with one attached hydrogen (secondary N) is 1. The Balaban J connectivity index is 1.50. The van der Waals surface area contributed by atoms with Crippen LogP contribution in [-0.4, -0.2) is 23.0 Å². The standard InChI is InChI=1S/C34H48N2O3/c1-6-7-8-9-10-29(39)36-34-14-12-24-30(25(34)20-31(2,3)15-16-34)27(38)18-28-32(24,4)13-11-23-17-26(37)22(21-35)19-33(23,28)5/h18-19,23-25,30H,6-17,20H2,1-5H3,(H,36,39). The van der Waals surface area contributed by atoms with E-state index in [1.165, 1.54) is 6.42 Å². The van der Waals surface area contributed by atoms with Crippen molar-refractivity contribution in [1.82, 2.24) is 5.32 Å². The van der Waals surface area contributed by atoms with Gasteiger partial charge in [0.15, 0.2) is 11.6 Å². The molecule has 1 N–H and O–H groups in total. The lowest BCUT2D eigenvalue weighted by Crippen LogP contribution is -2.66. The molecule has 0 aromatic carbocycles. The van der Waals surface area contributed by atoms with Crippen molar-refractivity contribution in [3.63, 3.8) is 0 Å². The van der Waals surface area contributed by atoms with E-state index in [9.17, 15) is 19.6 Å². The second-order valence-corrected chi connectivity index (χ2v) is 14.9. The van der Waals surface area contributed by atoms with Gasteiger partial charge < -0.3 is 5.32 Å². The zero-order valence-electron chi connectivity index (χ0n) is 24.8. The fourth-order valence-electron chi connectivity index (χ4n) is 9.68. The van der Waals surface area contributed by atoms with Crippen LogP contribution in [-0.2, 0) is 14.4 Å². The molecule has 0 aliphatic heterocycles. The van der Waals surface area contributed by atoms with Crippen molar-refractivity contribution in [2.75, 3.05) is 0 Å². The second kappa shape index (κ2) is 10.0. The van der Waals surface area contributed by atoms with Crippen LogP contribution in [0, 0.1) is 51.2 Å². The average molecular weight is 533 g/mol. The molecular weight excluding hydrogens is 484 g/mol. The van der Waals surface area contributed by atoms with E-state index in [4.69, 9.17) is 0 Å². The number of carbonyl (C=O) groups excluding carboxylic acids is 3. The molecule has 7 unspecified atom stereocenters. The van der Waals surface area contributed by atoms with Gasteiger partial charge in [0.05, 0.1) is 5.57 Å². The van der Waals surface area contributed by atoms with Crippen LogP contribution in [0.15, 0.2) is 23.3 Å². The van der Waals surface area contributed by atoms with Crippen LogP contribution in [0.2, 0.25) is 0 Å². The number of hydrogen-bond donors (Lipinski definition) is 1. The van der Waals surface area contributed by atoms with E-state index < -0.39 is 5.41 Å². The molecule has 1 amide bonds. The predicted molar refractivity (Wildman–Crippen MR) is 152 cm³/mol. The quantitative estimate of drug-likeness (QED) is 0.372. The first kappa shape index (κ1) is 28.3. The Labute approximate surface area is 235 Å². The highest BCUT2D eigenvalue weighted by molar-refractivity contribution is 6.01. The Kier molecular flexibility index (Phi) is 7.26. The Morgan fingerprint density at radius 3 is 2.51 bits per heavy atom. The minimum absolute atomic E-state index is 0.0542. The number of amides is 1. The van der Waals surface area contributed by atoms with Crippen molar-refractivity contribution in [2.24, 2.45) is 39.9 Å². The summed E-state index contributed by atoms with van der Waals surface area (Å²) in [5.74, 6) is 0.752. The summed E-state index contributed by atoms with van der Waals surface area (Å²) >= 11 is 0. The lowest BCUT2D eigenvalue weighted by atomic mass is 9.41. The maximum atomic E-state index is 14.3. The number of fused-ring (bicyclic) bond motifs is 7. The third kappa shape index (κ3) is 4.64. The molecule has 0 bridgehead atoms. The van der Waals surface area contributed by atoms with Gasteiger partial charge in [-0.3, -0.25) is 14.4 Å². The largest absolute Gasteiger partial charge is 0.350 e. The Morgan fingerprint density at radius 1 is 1.03 bits per heavy atom. The monoisotopic (exact) mass is 532 g/mol. The molecule has 5 aliphatic carbocycles. The van der Waals surface area contributed by atoms with Gasteiger partial charge in [-0.25, -0.2) is 0 Å². The smallest absolute Gasteiger partial charge is 0.220 e. The molecular formula is C34H48N2O3. The number of hydrogen-bond acceptors (Lipinski definition) is 4. The molecule has 5 heteroatoms. The summed E-state index contributed by atoms with van der Waals surface area (Å²) in [7, 11) is 0. The number of rotatable bonds is 6. The number of allylic oxidation sites excluding steroid dienone is 4. The van der Waals surface area contributed by atoms with E-state index in [1.54, 1.807) is 0 Å². The summed E-state index contributed by atoms with van der Waals surface area (Å²) in [4.78, 5) is 40.1. The van der Waals surface area contributed by atoms with Crippen molar-refractivity contribution in [3.8, 4) is 6.07 Å². The maximum absolute atomic E-state index is 14.3. The van der Waals surface area contributed by atoms with Crippen LogP contribution in [0.25, 0.3) is 0 Å². The van der Waals surface area contributed by atoms with E-state index in [2.05, 4.69) is 46.0 Å². The third-order valence-corrected chi connectivity index (χ3v) is 11.9. The summed E-state index contributed by atoms with van der Waals surface area (Å²) in [6.07, 6.45) is 15.9. The number of nitriles is 1. The molecule has 3 fully saturated rings. The number of nitrogens with zero attached hydrogens (tertiary/aromatic N) is 1. The molecule has 7 atom stereocenters. The number of unbranched alkanes of at least 4 members (excludes halogenated alkanes) is 3. The van der Waals surface area contributed by atoms with Crippen LogP contribution in [0.1, 0.15) is 118 Å². The summed E-state index contributed by atoms with van der Waals surface area (Å²) < 4.78 is 0. The van der Waals surface area contributed by atoms with Gasteiger partial charge in [-0.15, -0.1) is 0 Å². The SMILES string of the molecule is CCCCCCC(=O)NC12CCC3C(C(=O)C=C4C5(C)C=C(C#N)C(=O)CC5CCC43C)C1CC(C)(C)CC2. The van der Waals surface area contributed by atoms with Gasteiger partial charge in [0.25, 0.3) is 0 Å². The summed E-state index contributed by atoms with van der Waals surface area (Å²) in [5, 5.41) is 13.2. The number of ketones is 2. The van der Waals surface area contributed by atoms with Gasteiger partial charge in [-0.05, 0) is 86.0 Å². The average Bonchev–Trinajstić information content (AvgIpc) is 2.88. The third-order valence-electron chi connectivity index (χ3n) is 11.9. The van der Waals surface area contributed by atoms with Crippen LogP contribution >= 0.6 is 0 Å². The van der Waals surface area contributed by atoms with Crippen molar-refractivity contribution in [1.29, 1.82) is 5.26 Å². The van der Waals surface area contributed by atoms with Crippen LogP contribution in [0.4, 0.5) is 0 Å². The van der Waals surface area contributed by atoms with E-state index in [0.29, 0.717) is 12.8 Å². The van der Waals surface area contributed by atoms with Crippen LogP contribution in [0.3, 0.4) is 0 Å². The molecule has 0 spiro atoms. The van der Waals surface area contributed by atoms with Crippen molar-refractivity contribution in [2.45, 2.75) is 124 Å². The zero-order chi connectivity index (χ0) is 28.2. The van der Waals surface area contributed by atoms with E-state index in [-0.39, 0.29) is 63.1 Å². The van der Waals surface area contributed by atoms with E-state index >= 15 is 0 Å². The Hall–Kier alpha value is -2.22. The minimum atomic E-state index is -0.431. The van der Waals surface area contributed by atoms with Gasteiger partial charge in [-0.2, -0.15) is 5.26 Å². The molecule has 0 heterocycles. The summed E-state index contributed by atoms with van der Waals surface area (Å²) in [6.45, 7) is 11.3. The number of Topliss-reactive ketones (excluding diaryl/α,β-unsaturated/α-hetero) is 1. The zero-order valence-corrected chi connectivity index (χ0v) is 24.8. The maximum Gasteiger partial charge on any atom is 0.220 e. The highest BCUT2D eigenvalue weighted by Gasteiger charge is 2.64. The predicted octanol–water partition coefficient (Wildman–Crippen LogP) is 7.02. The lowest BCUT2D eigenvalue weighted by Gasteiger charge is -2.64. The summed E-state index contributed by atoms with van der Waals surface area (Å²) in [5.41, 5.74) is 0.693. The fourth-order valence-corrected chi connectivity index (χ4v) is 9.68. The molecule has 39 heavy (non-hydrogen) atoms. The highest BCUT2D eigenvalue weighted by Crippen LogP contribution is 2.67. The minimum Gasteiger partial charge on any atom is -0.350 e. The first-order valence-electron chi connectivity index (χ1n) is 15.6. The molecule has 0 aromatic heterocycles. The molecule has 212 valence electrons. The first-order chi connectivity index (χ1) is 18.4. The van der Waals surface area contributed by atoms with Gasteiger partial charge in [0.1, 0.15) is 6.07 Å². The van der Waals surface area contributed by atoms with Gasteiger partial charge in [0.2, 0.25) is 5.91 Å². The van der Waals surface area contributed by atoms with E-state index in [1.807, 2.05) is 12.2 Å². The highest BCUT2D eigenvalue weighted by atomic mass is 16.2. The van der Waals surface area contributed by atoms with Gasteiger partial charge in [0, 0.05) is 29.7 Å². The summed E-state index contributed by atoms with van der Waals surface area (Å²) in [6, 6.07) is 2.14. The van der Waals surface area contributed by atoms with Crippen LogP contribution in [0.5, 0.6) is 0 Å².